The smallest absolute Gasteiger partial charge is 0.183 e. The molecule has 0 aliphatic carbocycles. The van der Waals surface area contributed by atoms with Gasteiger partial charge in [0.25, 0.3) is 0 Å². The molecule has 27 heavy (non-hydrogen) atoms. The molecule has 0 saturated carbocycles. The first kappa shape index (κ1) is 23.3. The Kier molecular flexibility index (Phi) is 10.2. The fraction of sp³-hybridized carbons (Fsp3) is 1.00. The Morgan fingerprint density at radius 3 is 2.15 bits per heavy atom. The summed E-state index contributed by atoms with van der Waals surface area (Å²) in [6.45, 7) is 5.96. The van der Waals surface area contributed by atoms with E-state index < -0.39 is 50.8 Å². The summed E-state index contributed by atoms with van der Waals surface area (Å²) < 4.78 is 14.1. The average Bonchev–Trinajstić information content (AvgIpc) is 2.65. The van der Waals surface area contributed by atoms with Gasteiger partial charge in [0, 0.05) is 15.9 Å². The zero-order valence-electron chi connectivity index (χ0n) is 18.4. The van der Waals surface area contributed by atoms with Gasteiger partial charge in [0.15, 0.2) is 5.79 Å². The van der Waals surface area contributed by atoms with E-state index in [-0.39, 0.29) is 6.42 Å². The molecule has 1 fully saturated rings. The molecule has 1 rings (SSSR count). The van der Waals surface area contributed by atoms with Crippen molar-refractivity contribution in [2.45, 2.75) is 120 Å². The normalized spacial score (nSPS) is 33.7. The maximum atomic E-state index is 10.8. The number of aliphatic hydroxyl groups excluding tert-OH is 3. The molecule has 6 N–H and O–H groups in total. The minimum absolute atomic E-state index is 0.0231. The zero-order valence-corrected chi connectivity index (χ0v) is 18.4. The van der Waals surface area contributed by atoms with Gasteiger partial charge in [-0.3, -0.25) is 0 Å². The number of unbranched alkanes of at least 4 members (excludes halogenated alkanes) is 7. The van der Waals surface area contributed by atoms with E-state index in [0.29, 0.717) is 0 Å². The van der Waals surface area contributed by atoms with Crippen LogP contribution in [0.2, 0.25) is 25.2 Å². The molecule has 0 spiro atoms. The molecule has 1 aliphatic heterocycles. The van der Waals surface area contributed by atoms with Gasteiger partial charge < -0.3 is 30.9 Å². The van der Waals surface area contributed by atoms with Gasteiger partial charge in [0.05, 0.1) is 12.6 Å². The summed E-state index contributed by atoms with van der Waals surface area (Å²) in [5, 5.41) is 40.2. The third-order valence-electron chi connectivity index (χ3n) is 5.78. The van der Waals surface area contributed by atoms with Crippen molar-refractivity contribution in [1.29, 1.82) is 0 Å². The number of aliphatic hydroxyl groups is 4. The number of ether oxygens (including phenoxy) is 1. The maximum Gasteiger partial charge on any atom is 0.183 e. The van der Waals surface area contributed by atoms with Crippen LogP contribution in [-0.4, -0.2) is 65.2 Å². The van der Waals surface area contributed by atoms with Gasteiger partial charge in [-0.15, -0.1) is 0 Å². The van der Waals surface area contributed by atoms with Gasteiger partial charge in [-0.2, -0.15) is 0 Å². The molecular weight excluding hydrogens is 362 g/mol. The quantitative estimate of drug-likeness (QED) is 0.237. The van der Waals surface area contributed by atoms with Crippen LogP contribution in [0.25, 0.3) is 0 Å². The number of hydrogen-bond donors (Lipinski definition) is 5. The van der Waals surface area contributed by atoms with Crippen LogP contribution < -0.4 is 5.73 Å². The lowest BCUT2D eigenvalue weighted by Crippen LogP contribution is -2.68. The lowest BCUT2D eigenvalue weighted by molar-refractivity contribution is -0.314. The standard InChI is InChI=1S/C20H43NO5Si/c1-4-5-6-7-8-9-10-11-13-27(2,3)14-12-20(25)19(21)18(24)17(23)16(15-22)26-20/h16-19,22-25H,4-15,21H2,1-3H3/t16-,17-,18+,19-,20?/m1/s1/i14D/t14?,16-,17-,18+,19-,20?. The zero-order chi connectivity index (χ0) is 21.4. The predicted octanol–water partition coefficient (Wildman–Crippen LogP) is 2.35. The summed E-state index contributed by atoms with van der Waals surface area (Å²) in [7, 11) is -1.96. The number of hydrogen-bond acceptors (Lipinski definition) is 6. The highest BCUT2D eigenvalue weighted by molar-refractivity contribution is 6.77. The lowest BCUT2D eigenvalue weighted by atomic mass is 9.89. The van der Waals surface area contributed by atoms with Crippen LogP contribution in [0, 0.1) is 0 Å². The summed E-state index contributed by atoms with van der Waals surface area (Å²) in [5.41, 5.74) is 5.91. The molecule has 1 aliphatic rings. The first-order valence-electron chi connectivity index (χ1n) is 11.2. The molecule has 0 amide bonds. The van der Waals surface area contributed by atoms with Crippen molar-refractivity contribution in [3.05, 3.63) is 0 Å². The van der Waals surface area contributed by atoms with Crippen LogP contribution in [0.15, 0.2) is 0 Å². The third-order valence-corrected chi connectivity index (χ3v) is 8.73. The summed E-state index contributed by atoms with van der Waals surface area (Å²) in [5.74, 6) is -1.91. The van der Waals surface area contributed by atoms with E-state index >= 15 is 0 Å². The Labute approximate surface area is 167 Å². The van der Waals surface area contributed by atoms with Crippen molar-refractivity contribution in [3.63, 3.8) is 0 Å². The summed E-state index contributed by atoms with van der Waals surface area (Å²) in [6.07, 6.45) is 6.09. The molecule has 2 unspecified atom stereocenters. The fourth-order valence-electron chi connectivity index (χ4n) is 3.68. The van der Waals surface area contributed by atoms with E-state index in [4.69, 9.17) is 11.8 Å². The molecule has 1 saturated heterocycles. The minimum Gasteiger partial charge on any atom is -0.394 e. The summed E-state index contributed by atoms with van der Waals surface area (Å²) in [6, 6.07) is -0.739. The van der Waals surface area contributed by atoms with Gasteiger partial charge in [-0.05, 0) is 0 Å². The Hall–Kier alpha value is -0.0231. The van der Waals surface area contributed by atoms with Gasteiger partial charge in [-0.1, -0.05) is 83.4 Å². The van der Waals surface area contributed by atoms with Crippen LogP contribution in [0.5, 0.6) is 0 Å². The van der Waals surface area contributed by atoms with Crippen LogP contribution in [0.1, 0.15) is 66.1 Å². The topological polar surface area (TPSA) is 116 Å². The summed E-state index contributed by atoms with van der Waals surface area (Å²) >= 11 is 0. The number of rotatable bonds is 13. The van der Waals surface area contributed by atoms with Crippen molar-refractivity contribution >= 4 is 8.07 Å². The van der Waals surface area contributed by atoms with Crippen LogP contribution in [0.4, 0.5) is 0 Å². The monoisotopic (exact) mass is 406 g/mol. The molecule has 0 aromatic carbocycles. The van der Waals surface area contributed by atoms with Crippen LogP contribution in [-0.2, 0) is 4.74 Å². The molecule has 0 aromatic heterocycles. The second-order valence-electron chi connectivity index (χ2n) is 8.81. The van der Waals surface area contributed by atoms with E-state index in [0.717, 1.165) is 12.5 Å². The van der Waals surface area contributed by atoms with Gasteiger partial charge >= 0.3 is 0 Å². The van der Waals surface area contributed by atoms with Gasteiger partial charge in [0.2, 0.25) is 0 Å². The Balaban J connectivity index is 2.49. The SMILES string of the molecule is [2H]C(CC1(O)O[C@H](CO)[C@@H](O)[C@H](O)[C@H]1N)[Si](C)(C)CCCCCCCCCC. The molecular formula is C20H43NO5Si. The second-order valence-corrected chi connectivity index (χ2v) is 13.7. The minimum atomic E-state index is -1.96. The van der Waals surface area contributed by atoms with Crippen LogP contribution in [0.3, 0.4) is 0 Å². The van der Waals surface area contributed by atoms with E-state index in [2.05, 4.69) is 20.0 Å². The van der Waals surface area contributed by atoms with E-state index in [1.165, 1.54) is 44.9 Å². The average molecular weight is 407 g/mol. The molecule has 0 bridgehead atoms. The molecule has 6 atom stereocenters. The van der Waals surface area contributed by atoms with Crippen molar-refractivity contribution in [3.8, 4) is 0 Å². The highest BCUT2D eigenvalue weighted by Crippen LogP contribution is 2.33. The molecule has 0 radical (unpaired) electrons. The Morgan fingerprint density at radius 2 is 1.59 bits per heavy atom. The molecule has 162 valence electrons. The van der Waals surface area contributed by atoms with Crippen molar-refractivity contribution in [1.82, 2.24) is 0 Å². The molecule has 6 nitrogen and oxygen atoms in total. The van der Waals surface area contributed by atoms with Crippen LogP contribution >= 0.6 is 0 Å². The largest absolute Gasteiger partial charge is 0.394 e. The maximum absolute atomic E-state index is 10.8. The highest BCUT2D eigenvalue weighted by atomic mass is 28.3. The molecule has 1 heterocycles. The van der Waals surface area contributed by atoms with E-state index in [1.807, 2.05) is 0 Å². The van der Waals surface area contributed by atoms with E-state index in [9.17, 15) is 20.4 Å². The predicted molar refractivity (Wildman–Crippen MR) is 111 cm³/mol. The lowest BCUT2D eigenvalue weighted by Gasteiger charge is -2.47. The van der Waals surface area contributed by atoms with Crippen molar-refractivity contribution in [2.75, 3.05) is 6.61 Å². The summed E-state index contributed by atoms with van der Waals surface area (Å²) in [4.78, 5) is 0. The van der Waals surface area contributed by atoms with Crippen molar-refractivity contribution in [2.24, 2.45) is 5.73 Å². The highest BCUT2D eigenvalue weighted by Gasteiger charge is 2.51. The molecule has 7 heteroatoms. The first-order chi connectivity index (χ1) is 13.1. The third kappa shape index (κ3) is 8.09. The first-order valence-corrected chi connectivity index (χ1v) is 13.9. The Morgan fingerprint density at radius 1 is 1.04 bits per heavy atom. The number of nitrogens with two attached hydrogens (primary N) is 1. The molecule has 0 aromatic rings. The van der Waals surface area contributed by atoms with Gasteiger partial charge in [0.1, 0.15) is 18.3 Å². The second kappa shape index (κ2) is 11.9. The van der Waals surface area contributed by atoms with Gasteiger partial charge in [-0.25, -0.2) is 0 Å². The van der Waals surface area contributed by atoms with Crippen molar-refractivity contribution < 1.29 is 26.5 Å². The van der Waals surface area contributed by atoms with E-state index in [1.54, 1.807) is 0 Å². The fourth-order valence-corrected chi connectivity index (χ4v) is 5.89. The Bertz CT molecular complexity index is 443.